The third-order valence-electron chi connectivity index (χ3n) is 4.92. The first-order valence-corrected chi connectivity index (χ1v) is 9.45. The van der Waals surface area contributed by atoms with Gasteiger partial charge < -0.3 is 20.6 Å². The maximum Gasteiger partial charge on any atom is 0.136 e. The Morgan fingerprint density at radius 3 is 2.65 bits per heavy atom. The number of fused-ring (bicyclic) bond motifs is 1. The molecule has 0 spiro atoms. The number of hydrogen-bond donors (Lipinski definition) is 4. The topological polar surface area (TPSA) is 98.5 Å². The Morgan fingerprint density at radius 2 is 1.92 bits per heavy atom. The normalized spacial score (nSPS) is 25.7. The maximum atomic E-state index is 10.3. The molecule has 7 heteroatoms. The molecule has 0 aliphatic heterocycles. The first kappa shape index (κ1) is 17.4. The predicted molar refractivity (Wildman–Crippen MR) is 102 cm³/mol. The molecule has 136 valence electrons. The zero-order valence-corrected chi connectivity index (χ0v) is 15.1. The highest BCUT2D eigenvalue weighted by Gasteiger charge is 2.41. The summed E-state index contributed by atoms with van der Waals surface area (Å²) in [6.45, 7) is 1.76. The summed E-state index contributed by atoms with van der Waals surface area (Å²) in [6, 6.07) is 11.5. The Bertz CT molecular complexity index is 896. The third-order valence-corrected chi connectivity index (χ3v) is 5.99. The Labute approximate surface area is 155 Å². The highest BCUT2D eigenvalue weighted by molar-refractivity contribution is 7.21. The van der Waals surface area contributed by atoms with Crippen LogP contribution in [0.5, 0.6) is 0 Å². The molecule has 0 bridgehead atoms. The van der Waals surface area contributed by atoms with Gasteiger partial charge in [-0.3, -0.25) is 0 Å². The number of para-hydroxylation sites is 1. The van der Waals surface area contributed by atoms with E-state index in [2.05, 4.69) is 10.3 Å². The summed E-state index contributed by atoms with van der Waals surface area (Å²) >= 11 is 1.59. The van der Waals surface area contributed by atoms with Crippen molar-refractivity contribution < 1.29 is 15.3 Å². The van der Waals surface area contributed by atoms with Crippen LogP contribution in [0.25, 0.3) is 20.8 Å². The van der Waals surface area contributed by atoms with Crippen molar-refractivity contribution in [2.24, 2.45) is 5.92 Å². The number of nitrogens with one attached hydrogen (secondary N) is 1. The fourth-order valence-electron chi connectivity index (χ4n) is 3.45. The average Bonchev–Trinajstić information content (AvgIpc) is 3.18. The number of rotatable bonds is 4. The van der Waals surface area contributed by atoms with Gasteiger partial charge in [0.05, 0.1) is 27.9 Å². The van der Waals surface area contributed by atoms with Crippen LogP contribution in [0, 0.1) is 12.8 Å². The van der Waals surface area contributed by atoms with Gasteiger partial charge >= 0.3 is 0 Å². The van der Waals surface area contributed by atoms with Gasteiger partial charge in [0.25, 0.3) is 0 Å². The SMILES string of the molecule is Cc1ccc(-c2nc3ccccc3s2)c(N[C@@H]2C[C@H](CO)[C@@H](O)[C@H]2O)n1. The van der Waals surface area contributed by atoms with E-state index in [0.29, 0.717) is 12.2 Å². The van der Waals surface area contributed by atoms with Crippen LogP contribution in [-0.4, -0.2) is 50.1 Å². The van der Waals surface area contributed by atoms with Crippen LogP contribution in [0.15, 0.2) is 36.4 Å². The number of thiazole rings is 1. The van der Waals surface area contributed by atoms with Crippen molar-refractivity contribution in [3.05, 3.63) is 42.1 Å². The van der Waals surface area contributed by atoms with Gasteiger partial charge in [-0.25, -0.2) is 9.97 Å². The van der Waals surface area contributed by atoms with Gasteiger partial charge in [-0.05, 0) is 37.6 Å². The minimum Gasteiger partial charge on any atom is -0.396 e. The molecule has 2 heterocycles. The standard InChI is InChI=1S/C19H21N3O3S/c1-10-6-7-12(19-22-13-4-2-3-5-15(13)26-19)18(20-10)21-14-8-11(9-23)16(24)17(14)25/h2-7,11,14,16-17,23-25H,8-9H2,1H3,(H,20,21)/t11-,14-,16-,17+/m1/s1. The number of anilines is 1. The number of aromatic nitrogens is 2. The Morgan fingerprint density at radius 1 is 1.12 bits per heavy atom. The van der Waals surface area contributed by atoms with Crippen LogP contribution in [0.1, 0.15) is 12.1 Å². The molecule has 26 heavy (non-hydrogen) atoms. The first-order valence-electron chi connectivity index (χ1n) is 8.64. The van der Waals surface area contributed by atoms with E-state index in [1.807, 2.05) is 43.3 Å². The summed E-state index contributed by atoms with van der Waals surface area (Å²) in [5.41, 5.74) is 2.66. The summed E-state index contributed by atoms with van der Waals surface area (Å²) in [6.07, 6.45) is -1.40. The Balaban J connectivity index is 1.69. The molecule has 1 aliphatic rings. The van der Waals surface area contributed by atoms with Crippen LogP contribution in [0.4, 0.5) is 5.82 Å². The number of aryl methyl sites for hydroxylation is 1. The summed E-state index contributed by atoms with van der Waals surface area (Å²) in [5.74, 6) is 0.303. The van der Waals surface area contributed by atoms with Gasteiger partial charge in [0.1, 0.15) is 16.9 Å². The zero-order valence-electron chi connectivity index (χ0n) is 14.3. The van der Waals surface area contributed by atoms with E-state index in [0.717, 1.165) is 26.5 Å². The van der Waals surface area contributed by atoms with Crippen molar-refractivity contribution >= 4 is 27.4 Å². The quantitative estimate of drug-likeness (QED) is 0.561. The lowest BCUT2D eigenvalue weighted by atomic mass is 10.1. The lowest BCUT2D eigenvalue weighted by Crippen LogP contribution is -2.35. The summed E-state index contributed by atoms with van der Waals surface area (Å²) in [4.78, 5) is 9.29. The van der Waals surface area contributed by atoms with E-state index in [1.54, 1.807) is 11.3 Å². The minimum atomic E-state index is -0.947. The molecular weight excluding hydrogens is 350 g/mol. The number of benzene rings is 1. The monoisotopic (exact) mass is 371 g/mol. The molecule has 0 saturated heterocycles. The predicted octanol–water partition coefficient (Wildman–Crippen LogP) is 2.18. The van der Waals surface area contributed by atoms with Crippen LogP contribution in [0.3, 0.4) is 0 Å². The smallest absolute Gasteiger partial charge is 0.136 e. The van der Waals surface area contributed by atoms with Crippen molar-refractivity contribution in [1.82, 2.24) is 9.97 Å². The van der Waals surface area contributed by atoms with Crippen molar-refractivity contribution in [3.63, 3.8) is 0 Å². The van der Waals surface area contributed by atoms with Gasteiger partial charge in [-0.2, -0.15) is 0 Å². The van der Waals surface area contributed by atoms with Crippen molar-refractivity contribution in [1.29, 1.82) is 0 Å². The van der Waals surface area contributed by atoms with E-state index in [-0.39, 0.29) is 18.6 Å². The van der Waals surface area contributed by atoms with Crippen LogP contribution >= 0.6 is 11.3 Å². The second-order valence-electron chi connectivity index (χ2n) is 6.75. The van der Waals surface area contributed by atoms with Gasteiger partial charge in [-0.15, -0.1) is 11.3 Å². The number of hydrogen-bond acceptors (Lipinski definition) is 7. The van der Waals surface area contributed by atoms with Crippen molar-refractivity contribution in [2.45, 2.75) is 31.6 Å². The number of aliphatic hydroxyl groups excluding tert-OH is 3. The zero-order chi connectivity index (χ0) is 18.3. The Hall–Kier alpha value is -2.06. The lowest BCUT2D eigenvalue weighted by molar-refractivity contribution is 0.00446. The van der Waals surface area contributed by atoms with Gasteiger partial charge in [0, 0.05) is 18.2 Å². The molecule has 0 amide bonds. The summed E-state index contributed by atoms with van der Waals surface area (Å²) in [7, 11) is 0. The van der Waals surface area contributed by atoms with E-state index in [4.69, 9.17) is 4.98 Å². The fraction of sp³-hybridized carbons (Fsp3) is 0.368. The summed E-state index contributed by atoms with van der Waals surface area (Å²) in [5, 5.41) is 33.9. The molecule has 0 radical (unpaired) electrons. The molecule has 4 N–H and O–H groups in total. The molecule has 1 aromatic carbocycles. The molecule has 1 fully saturated rings. The van der Waals surface area contributed by atoms with Crippen LogP contribution < -0.4 is 5.32 Å². The van der Waals surface area contributed by atoms with Gasteiger partial charge in [0.15, 0.2) is 0 Å². The molecular formula is C19H21N3O3S. The number of pyridine rings is 1. The molecule has 3 aromatic rings. The largest absolute Gasteiger partial charge is 0.396 e. The van der Waals surface area contributed by atoms with Crippen molar-refractivity contribution in [3.8, 4) is 10.6 Å². The maximum absolute atomic E-state index is 10.3. The molecule has 2 aromatic heterocycles. The molecule has 1 saturated carbocycles. The van der Waals surface area contributed by atoms with Gasteiger partial charge in [0.2, 0.25) is 0 Å². The molecule has 4 rings (SSSR count). The third kappa shape index (κ3) is 3.07. The lowest BCUT2D eigenvalue weighted by Gasteiger charge is -2.20. The van der Waals surface area contributed by atoms with Crippen molar-refractivity contribution in [2.75, 3.05) is 11.9 Å². The second kappa shape index (κ2) is 6.92. The first-order chi connectivity index (χ1) is 12.6. The van der Waals surface area contributed by atoms with E-state index in [9.17, 15) is 15.3 Å². The van der Waals surface area contributed by atoms with E-state index < -0.39 is 12.2 Å². The van der Waals surface area contributed by atoms with Crippen LogP contribution in [-0.2, 0) is 0 Å². The molecule has 6 nitrogen and oxygen atoms in total. The second-order valence-corrected chi connectivity index (χ2v) is 7.78. The number of nitrogens with zero attached hydrogens (tertiary/aromatic N) is 2. The summed E-state index contributed by atoms with van der Waals surface area (Å²) < 4.78 is 1.10. The van der Waals surface area contributed by atoms with E-state index in [1.165, 1.54) is 0 Å². The molecule has 1 aliphatic carbocycles. The molecule has 4 atom stereocenters. The number of aliphatic hydroxyl groups is 3. The molecule has 0 unspecified atom stereocenters. The Kier molecular flexibility index (Phi) is 4.62. The van der Waals surface area contributed by atoms with Gasteiger partial charge in [-0.1, -0.05) is 12.1 Å². The highest BCUT2D eigenvalue weighted by Crippen LogP contribution is 2.36. The average molecular weight is 371 g/mol. The van der Waals surface area contributed by atoms with E-state index >= 15 is 0 Å². The minimum absolute atomic E-state index is 0.150. The fourth-order valence-corrected chi connectivity index (χ4v) is 4.44. The highest BCUT2D eigenvalue weighted by atomic mass is 32.1. The van der Waals surface area contributed by atoms with Crippen LogP contribution in [0.2, 0.25) is 0 Å².